The second kappa shape index (κ2) is 4.26. The second-order valence-corrected chi connectivity index (χ2v) is 5.18. The average molecular weight is 284 g/mol. The molecule has 0 aromatic heterocycles. The van der Waals surface area contributed by atoms with Crippen LogP contribution in [0.15, 0.2) is 16.6 Å². The van der Waals surface area contributed by atoms with Gasteiger partial charge in [0.25, 0.3) is 0 Å². The molecule has 16 heavy (non-hydrogen) atoms. The van der Waals surface area contributed by atoms with Gasteiger partial charge in [-0.05, 0) is 59.1 Å². The summed E-state index contributed by atoms with van der Waals surface area (Å²) < 4.78 is 12.2. The van der Waals surface area contributed by atoms with Gasteiger partial charge in [-0.15, -0.1) is 0 Å². The Morgan fingerprint density at radius 1 is 1.25 bits per heavy atom. The molecule has 2 heterocycles. The maximum absolute atomic E-state index is 5.61. The lowest BCUT2D eigenvalue weighted by Crippen LogP contribution is -2.43. The van der Waals surface area contributed by atoms with Crippen LogP contribution in [0.4, 0.5) is 0 Å². The van der Waals surface area contributed by atoms with Gasteiger partial charge >= 0.3 is 0 Å². The number of nitrogens with one attached hydrogen (secondary N) is 1. The summed E-state index contributed by atoms with van der Waals surface area (Å²) in [6, 6.07) is 4.25. The zero-order valence-corrected chi connectivity index (χ0v) is 10.5. The molecule has 4 heteroatoms. The van der Waals surface area contributed by atoms with Crippen molar-refractivity contribution in [2.45, 2.75) is 6.42 Å². The molecular formula is C12H14BrNO2. The molecule has 1 saturated heterocycles. The molecule has 2 aliphatic rings. The lowest BCUT2D eigenvalue weighted by atomic mass is 9.94. The first-order valence-corrected chi connectivity index (χ1v) is 6.41. The predicted molar refractivity (Wildman–Crippen MR) is 65.2 cm³/mol. The summed E-state index contributed by atoms with van der Waals surface area (Å²) in [7, 11) is 0. The van der Waals surface area contributed by atoms with Crippen molar-refractivity contribution in [3.05, 3.63) is 22.2 Å². The molecule has 86 valence electrons. The summed E-state index contributed by atoms with van der Waals surface area (Å²) in [5.74, 6) is 2.50. The fourth-order valence-electron chi connectivity index (χ4n) is 2.11. The van der Waals surface area contributed by atoms with E-state index < -0.39 is 0 Å². The minimum Gasteiger partial charge on any atom is -0.486 e. The van der Waals surface area contributed by atoms with Crippen LogP contribution in [-0.2, 0) is 6.42 Å². The Morgan fingerprint density at radius 3 is 2.81 bits per heavy atom. The van der Waals surface area contributed by atoms with Crippen LogP contribution < -0.4 is 14.8 Å². The minimum atomic E-state index is 0.636. The number of hydrogen-bond acceptors (Lipinski definition) is 3. The van der Waals surface area contributed by atoms with E-state index in [1.165, 1.54) is 5.56 Å². The standard InChI is InChI=1S/C12H14BrNO2/c13-10-4-8(3-9-6-14-7-9)5-11-12(10)16-2-1-15-11/h4-5,9,14H,1-3,6-7H2. The average Bonchev–Trinajstić information content (AvgIpc) is 2.24. The number of ether oxygens (including phenoxy) is 2. The van der Waals surface area contributed by atoms with Gasteiger partial charge in [-0.25, -0.2) is 0 Å². The van der Waals surface area contributed by atoms with E-state index in [1.54, 1.807) is 0 Å². The highest BCUT2D eigenvalue weighted by Gasteiger charge is 2.20. The summed E-state index contributed by atoms with van der Waals surface area (Å²) in [5, 5.41) is 3.29. The number of halogens is 1. The van der Waals surface area contributed by atoms with Crippen molar-refractivity contribution in [1.82, 2.24) is 5.32 Å². The lowest BCUT2D eigenvalue weighted by Gasteiger charge is -2.28. The Bertz CT molecular complexity index is 404. The number of benzene rings is 1. The summed E-state index contributed by atoms with van der Waals surface area (Å²) in [6.45, 7) is 3.55. The van der Waals surface area contributed by atoms with Gasteiger partial charge in [0, 0.05) is 0 Å². The first kappa shape index (κ1) is 10.4. The highest BCUT2D eigenvalue weighted by Crippen LogP contribution is 2.39. The zero-order chi connectivity index (χ0) is 11.0. The van der Waals surface area contributed by atoms with Crippen molar-refractivity contribution in [1.29, 1.82) is 0 Å². The third kappa shape index (κ3) is 1.92. The molecule has 2 aliphatic heterocycles. The number of fused-ring (bicyclic) bond motifs is 1. The maximum Gasteiger partial charge on any atom is 0.175 e. The molecule has 0 spiro atoms. The first-order chi connectivity index (χ1) is 7.83. The van der Waals surface area contributed by atoms with Crippen LogP contribution in [0.25, 0.3) is 0 Å². The summed E-state index contributed by atoms with van der Waals surface area (Å²) >= 11 is 3.54. The third-order valence-electron chi connectivity index (χ3n) is 3.05. The van der Waals surface area contributed by atoms with E-state index in [4.69, 9.17) is 9.47 Å². The highest BCUT2D eigenvalue weighted by atomic mass is 79.9. The van der Waals surface area contributed by atoms with Crippen LogP contribution >= 0.6 is 15.9 Å². The van der Waals surface area contributed by atoms with Gasteiger partial charge in [-0.3, -0.25) is 0 Å². The molecule has 0 amide bonds. The topological polar surface area (TPSA) is 30.5 Å². The van der Waals surface area contributed by atoms with Crippen molar-refractivity contribution in [3.63, 3.8) is 0 Å². The molecule has 0 unspecified atom stereocenters. The molecule has 0 radical (unpaired) electrons. The van der Waals surface area contributed by atoms with E-state index in [-0.39, 0.29) is 0 Å². The van der Waals surface area contributed by atoms with Gasteiger partial charge in [-0.1, -0.05) is 0 Å². The number of hydrogen-bond donors (Lipinski definition) is 1. The van der Waals surface area contributed by atoms with Crippen LogP contribution in [-0.4, -0.2) is 26.3 Å². The van der Waals surface area contributed by atoms with Crippen molar-refractivity contribution in [2.24, 2.45) is 5.92 Å². The first-order valence-electron chi connectivity index (χ1n) is 5.61. The quantitative estimate of drug-likeness (QED) is 0.901. The van der Waals surface area contributed by atoms with Crippen LogP contribution in [0.2, 0.25) is 0 Å². The lowest BCUT2D eigenvalue weighted by molar-refractivity contribution is 0.170. The molecule has 1 fully saturated rings. The normalized spacial score (nSPS) is 19.3. The largest absolute Gasteiger partial charge is 0.486 e. The van der Waals surface area contributed by atoms with E-state index in [0.29, 0.717) is 13.2 Å². The SMILES string of the molecule is Brc1cc(CC2CNC2)cc2c1OCCO2. The van der Waals surface area contributed by atoms with E-state index >= 15 is 0 Å². The minimum absolute atomic E-state index is 0.636. The summed E-state index contributed by atoms with van der Waals surface area (Å²) in [6.07, 6.45) is 1.11. The van der Waals surface area contributed by atoms with E-state index in [9.17, 15) is 0 Å². The molecule has 0 aliphatic carbocycles. The Kier molecular flexibility index (Phi) is 2.77. The molecule has 1 aromatic rings. The van der Waals surface area contributed by atoms with Crippen LogP contribution in [0.5, 0.6) is 11.5 Å². The fraction of sp³-hybridized carbons (Fsp3) is 0.500. The van der Waals surface area contributed by atoms with Gasteiger partial charge < -0.3 is 14.8 Å². The number of rotatable bonds is 2. The van der Waals surface area contributed by atoms with Crippen LogP contribution in [0.3, 0.4) is 0 Å². The Morgan fingerprint density at radius 2 is 2.06 bits per heavy atom. The molecule has 1 aromatic carbocycles. The van der Waals surface area contributed by atoms with Crippen molar-refractivity contribution in [2.75, 3.05) is 26.3 Å². The van der Waals surface area contributed by atoms with E-state index in [0.717, 1.165) is 41.4 Å². The Hall–Kier alpha value is -0.740. The zero-order valence-electron chi connectivity index (χ0n) is 8.96. The van der Waals surface area contributed by atoms with Gasteiger partial charge in [0.15, 0.2) is 11.5 Å². The molecule has 1 N–H and O–H groups in total. The summed E-state index contributed by atoms with van der Waals surface area (Å²) in [5.41, 5.74) is 1.32. The molecule has 0 saturated carbocycles. The molecule has 0 atom stereocenters. The fourth-order valence-corrected chi connectivity index (χ4v) is 2.71. The van der Waals surface area contributed by atoms with Gasteiger partial charge in [0.2, 0.25) is 0 Å². The predicted octanol–water partition coefficient (Wildman–Crippen LogP) is 1.98. The van der Waals surface area contributed by atoms with Crippen molar-refractivity contribution >= 4 is 15.9 Å². The Labute approximate surface area is 103 Å². The van der Waals surface area contributed by atoms with Gasteiger partial charge in [0.05, 0.1) is 4.47 Å². The van der Waals surface area contributed by atoms with E-state index in [2.05, 4.69) is 33.4 Å². The second-order valence-electron chi connectivity index (χ2n) is 4.33. The molecule has 3 rings (SSSR count). The van der Waals surface area contributed by atoms with Crippen molar-refractivity contribution in [3.8, 4) is 11.5 Å². The molecule has 0 bridgehead atoms. The van der Waals surface area contributed by atoms with E-state index in [1.807, 2.05) is 0 Å². The smallest absolute Gasteiger partial charge is 0.175 e. The van der Waals surface area contributed by atoms with Gasteiger partial charge in [0.1, 0.15) is 13.2 Å². The Balaban J connectivity index is 1.85. The van der Waals surface area contributed by atoms with Crippen LogP contribution in [0, 0.1) is 5.92 Å². The van der Waals surface area contributed by atoms with Gasteiger partial charge in [-0.2, -0.15) is 0 Å². The summed E-state index contributed by atoms with van der Waals surface area (Å²) in [4.78, 5) is 0. The third-order valence-corrected chi connectivity index (χ3v) is 3.64. The maximum atomic E-state index is 5.61. The molecule has 3 nitrogen and oxygen atoms in total. The highest BCUT2D eigenvalue weighted by molar-refractivity contribution is 9.10. The molecular weight excluding hydrogens is 270 g/mol. The van der Waals surface area contributed by atoms with Crippen molar-refractivity contribution < 1.29 is 9.47 Å². The van der Waals surface area contributed by atoms with Crippen LogP contribution in [0.1, 0.15) is 5.56 Å². The monoisotopic (exact) mass is 283 g/mol.